The van der Waals surface area contributed by atoms with Crippen LogP contribution >= 0.6 is 0 Å². The molecular weight excluding hydrogens is 242 g/mol. The minimum Gasteiger partial charge on any atom is -0.497 e. The Morgan fingerprint density at radius 2 is 2.05 bits per heavy atom. The maximum Gasteiger partial charge on any atom is 0.119 e. The van der Waals surface area contributed by atoms with E-state index in [4.69, 9.17) is 4.74 Å². The average molecular weight is 267 g/mol. The molecule has 0 heterocycles. The number of aliphatic hydroxyl groups is 2. The summed E-state index contributed by atoms with van der Waals surface area (Å²) in [6.07, 6.45) is 0.132. The van der Waals surface area contributed by atoms with E-state index in [9.17, 15) is 10.2 Å². The third-order valence-corrected chi connectivity index (χ3v) is 3.23. The Balaban J connectivity index is 2.85. The summed E-state index contributed by atoms with van der Waals surface area (Å²) in [7, 11) is 1.61. The molecule has 0 bridgehead atoms. The second-order valence-corrected chi connectivity index (χ2v) is 5.42. The lowest BCUT2D eigenvalue weighted by Gasteiger charge is -2.32. The summed E-state index contributed by atoms with van der Waals surface area (Å²) in [5.74, 6) is 0.729. The first-order valence-electron chi connectivity index (χ1n) is 6.64. The van der Waals surface area contributed by atoms with Crippen molar-refractivity contribution in [3.63, 3.8) is 0 Å². The zero-order valence-corrected chi connectivity index (χ0v) is 12.2. The number of hydrogen-bond donors (Lipinski definition) is 3. The predicted octanol–water partition coefficient (Wildman–Crippen LogP) is 1.87. The molecule has 3 N–H and O–H groups in total. The summed E-state index contributed by atoms with van der Waals surface area (Å²) in [5.41, 5.74) is 0.396. The van der Waals surface area contributed by atoms with Crippen molar-refractivity contribution in [2.45, 2.75) is 44.9 Å². The fourth-order valence-corrected chi connectivity index (χ4v) is 2.01. The lowest BCUT2D eigenvalue weighted by Crippen LogP contribution is -2.50. The summed E-state index contributed by atoms with van der Waals surface area (Å²) >= 11 is 0. The van der Waals surface area contributed by atoms with Gasteiger partial charge in [-0.25, -0.2) is 0 Å². The van der Waals surface area contributed by atoms with Crippen LogP contribution in [-0.2, 0) is 0 Å². The Kier molecular flexibility index (Phi) is 5.79. The van der Waals surface area contributed by atoms with Gasteiger partial charge in [-0.2, -0.15) is 0 Å². The largest absolute Gasteiger partial charge is 0.497 e. The molecule has 4 heteroatoms. The van der Waals surface area contributed by atoms with Crippen molar-refractivity contribution < 1.29 is 14.9 Å². The van der Waals surface area contributed by atoms with E-state index in [0.29, 0.717) is 0 Å². The maximum absolute atomic E-state index is 10.5. The number of benzene rings is 1. The standard InChI is InChI=1S/C15H25NO3/c1-5-13(16-15(2,3)10-17)14(18)11-7-6-8-12(9-11)19-4/h6-9,13-14,16-18H,5,10H2,1-4H3. The molecule has 0 aliphatic rings. The molecule has 0 saturated heterocycles. The molecule has 0 radical (unpaired) electrons. The summed E-state index contributed by atoms with van der Waals surface area (Å²) in [6, 6.07) is 7.31. The van der Waals surface area contributed by atoms with Crippen molar-refractivity contribution in [3.05, 3.63) is 29.8 Å². The van der Waals surface area contributed by atoms with Crippen molar-refractivity contribution >= 4 is 0 Å². The molecular formula is C15H25NO3. The monoisotopic (exact) mass is 267 g/mol. The molecule has 1 aromatic carbocycles. The highest BCUT2D eigenvalue weighted by Crippen LogP contribution is 2.24. The lowest BCUT2D eigenvalue weighted by atomic mass is 9.96. The molecule has 0 amide bonds. The van der Waals surface area contributed by atoms with E-state index in [0.717, 1.165) is 17.7 Å². The van der Waals surface area contributed by atoms with E-state index in [2.05, 4.69) is 5.32 Å². The normalized spacial score (nSPS) is 15.1. The van der Waals surface area contributed by atoms with Gasteiger partial charge in [0, 0.05) is 11.6 Å². The van der Waals surface area contributed by atoms with Crippen LogP contribution in [0.2, 0.25) is 0 Å². The van der Waals surface area contributed by atoms with E-state index < -0.39 is 11.6 Å². The summed E-state index contributed by atoms with van der Waals surface area (Å²) < 4.78 is 5.17. The molecule has 4 nitrogen and oxygen atoms in total. The molecule has 19 heavy (non-hydrogen) atoms. The number of rotatable bonds is 7. The number of nitrogens with one attached hydrogen (secondary N) is 1. The quantitative estimate of drug-likeness (QED) is 0.706. The molecule has 0 fully saturated rings. The first kappa shape index (κ1) is 16.0. The van der Waals surface area contributed by atoms with Gasteiger partial charge >= 0.3 is 0 Å². The molecule has 0 aromatic heterocycles. The van der Waals surface area contributed by atoms with E-state index in [-0.39, 0.29) is 12.6 Å². The number of aliphatic hydroxyl groups excluding tert-OH is 2. The van der Waals surface area contributed by atoms with Crippen molar-refractivity contribution in [1.29, 1.82) is 0 Å². The third kappa shape index (κ3) is 4.49. The average Bonchev–Trinajstić information content (AvgIpc) is 2.44. The van der Waals surface area contributed by atoms with Gasteiger partial charge in [0.2, 0.25) is 0 Å². The number of methoxy groups -OCH3 is 1. The van der Waals surface area contributed by atoms with Crippen LogP contribution in [0, 0.1) is 0 Å². The van der Waals surface area contributed by atoms with Crippen molar-refractivity contribution in [3.8, 4) is 5.75 Å². The van der Waals surface area contributed by atoms with Crippen LogP contribution < -0.4 is 10.1 Å². The van der Waals surface area contributed by atoms with Crippen molar-refractivity contribution in [1.82, 2.24) is 5.32 Å². The number of hydrogen-bond acceptors (Lipinski definition) is 4. The van der Waals surface area contributed by atoms with E-state index in [1.807, 2.05) is 45.0 Å². The van der Waals surface area contributed by atoms with Crippen LogP contribution in [0.1, 0.15) is 38.9 Å². The molecule has 1 rings (SSSR count). The van der Waals surface area contributed by atoms with Gasteiger partial charge in [0.05, 0.1) is 19.8 Å². The fraction of sp³-hybridized carbons (Fsp3) is 0.600. The Morgan fingerprint density at radius 3 is 2.58 bits per heavy atom. The second-order valence-electron chi connectivity index (χ2n) is 5.42. The molecule has 0 saturated carbocycles. The highest BCUT2D eigenvalue weighted by Gasteiger charge is 2.26. The Labute approximate surface area is 115 Å². The highest BCUT2D eigenvalue weighted by atomic mass is 16.5. The Hall–Kier alpha value is -1.10. The topological polar surface area (TPSA) is 61.7 Å². The smallest absolute Gasteiger partial charge is 0.119 e. The SMILES string of the molecule is CCC(NC(C)(C)CO)C(O)c1cccc(OC)c1. The minimum absolute atomic E-state index is 0.0222. The second kappa shape index (κ2) is 6.89. The summed E-state index contributed by atoms with van der Waals surface area (Å²) in [6.45, 7) is 5.85. The number of ether oxygens (including phenoxy) is 1. The molecule has 0 aliphatic heterocycles. The third-order valence-electron chi connectivity index (χ3n) is 3.23. The van der Waals surface area contributed by atoms with E-state index in [1.165, 1.54) is 0 Å². The van der Waals surface area contributed by atoms with Gasteiger partial charge in [-0.05, 0) is 38.0 Å². The fourth-order valence-electron chi connectivity index (χ4n) is 2.01. The molecule has 2 unspecified atom stereocenters. The van der Waals surface area contributed by atoms with Crippen molar-refractivity contribution in [2.24, 2.45) is 0 Å². The zero-order valence-electron chi connectivity index (χ0n) is 12.2. The van der Waals surface area contributed by atoms with Gasteiger partial charge < -0.3 is 20.3 Å². The Morgan fingerprint density at radius 1 is 1.37 bits per heavy atom. The van der Waals surface area contributed by atoms with Gasteiger partial charge in [-0.3, -0.25) is 0 Å². The van der Waals surface area contributed by atoms with Crippen LogP contribution in [0.5, 0.6) is 5.75 Å². The maximum atomic E-state index is 10.5. The molecule has 108 valence electrons. The lowest BCUT2D eigenvalue weighted by molar-refractivity contribution is 0.0897. The van der Waals surface area contributed by atoms with Gasteiger partial charge in [0.25, 0.3) is 0 Å². The zero-order chi connectivity index (χ0) is 14.5. The van der Waals surface area contributed by atoms with Gasteiger partial charge in [0.15, 0.2) is 0 Å². The van der Waals surface area contributed by atoms with E-state index >= 15 is 0 Å². The van der Waals surface area contributed by atoms with Crippen LogP contribution in [0.4, 0.5) is 0 Å². The van der Waals surface area contributed by atoms with E-state index in [1.54, 1.807) is 7.11 Å². The molecule has 0 spiro atoms. The van der Waals surface area contributed by atoms with Gasteiger partial charge in [0.1, 0.15) is 5.75 Å². The van der Waals surface area contributed by atoms with Crippen LogP contribution in [0.3, 0.4) is 0 Å². The minimum atomic E-state index is -0.633. The first-order valence-corrected chi connectivity index (χ1v) is 6.64. The van der Waals surface area contributed by atoms with Gasteiger partial charge in [-0.15, -0.1) is 0 Å². The predicted molar refractivity (Wildman–Crippen MR) is 76.3 cm³/mol. The van der Waals surface area contributed by atoms with Crippen LogP contribution in [0.15, 0.2) is 24.3 Å². The van der Waals surface area contributed by atoms with Gasteiger partial charge in [-0.1, -0.05) is 19.1 Å². The first-order chi connectivity index (χ1) is 8.93. The summed E-state index contributed by atoms with van der Waals surface area (Å²) in [5, 5.41) is 23.1. The highest BCUT2D eigenvalue weighted by molar-refractivity contribution is 5.30. The summed E-state index contributed by atoms with van der Waals surface area (Å²) in [4.78, 5) is 0. The molecule has 0 aliphatic carbocycles. The molecule has 1 aromatic rings. The Bertz CT molecular complexity index is 393. The molecule has 2 atom stereocenters. The van der Waals surface area contributed by atoms with Crippen molar-refractivity contribution in [2.75, 3.05) is 13.7 Å². The van der Waals surface area contributed by atoms with Crippen LogP contribution in [-0.4, -0.2) is 35.5 Å². The van der Waals surface area contributed by atoms with Crippen LogP contribution in [0.25, 0.3) is 0 Å².